The highest BCUT2D eigenvalue weighted by Crippen LogP contribution is 2.55. The number of hydrogen-bond donors (Lipinski definition) is 0. The van der Waals surface area contributed by atoms with Gasteiger partial charge in [-0.05, 0) is 65.4 Å². The van der Waals surface area contributed by atoms with Crippen molar-refractivity contribution in [2.45, 2.75) is 0 Å². The number of fused-ring (bicyclic) bond motifs is 12. The molecule has 238 valence electrons. The van der Waals surface area contributed by atoms with Gasteiger partial charge in [-0.25, -0.2) is 9.97 Å². The molecule has 10 aromatic rings. The van der Waals surface area contributed by atoms with Crippen LogP contribution in [0.3, 0.4) is 0 Å². The fourth-order valence-electron chi connectivity index (χ4n) is 8.01. The maximum Gasteiger partial charge on any atom is 0.246 e. The number of nitrogens with zero attached hydrogens (tertiary/aromatic N) is 4. The van der Waals surface area contributed by atoms with Gasteiger partial charge in [-0.1, -0.05) is 109 Å². The summed E-state index contributed by atoms with van der Waals surface area (Å²) in [5.74, 6) is 0. The lowest BCUT2D eigenvalue weighted by Gasteiger charge is -2.28. The van der Waals surface area contributed by atoms with Crippen LogP contribution in [0.4, 0.5) is 17.1 Å². The number of para-hydroxylation sites is 4. The summed E-state index contributed by atoms with van der Waals surface area (Å²) in [4.78, 5) is 12.2. The molecule has 0 saturated heterocycles. The number of furan rings is 1. The Kier molecular flexibility index (Phi) is 5.89. The minimum Gasteiger partial charge on any atom is -0.436 e. The van der Waals surface area contributed by atoms with Gasteiger partial charge < -0.3 is 13.9 Å². The van der Waals surface area contributed by atoms with Gasteiger partial charge in [0.1, 0.15) is 11.1 Å². The summed E-state index contributed by atoms with van der Waals surface area (Å²) in [6, 6.07) is 58.2. The van der Waals surface area contributed by atoms with Gasteiger partial charge >= 0.3 is 0 Å². The van der Waals surface area contributed by atoms with Crippen molar-refractivity contribution >= 4 is 60.9 Å². The minimum atomic E-state index is 0.544. The van der Waals surface area contributed by atoms with Crippen molar-refractivity contribution in [2.24, 2.45) is 0 Å². The third-order valence-corrected chi connectivity index (χ3v) is 10.2. The maximum absolute atomic E-state index is 5.99. The molecule has 0 saturated carbocycles. The molecule has 1 aliphatic heterocycles. The fourth-order valence-corrected chi connectivity index (χ4v) is 8.01. The number of aromatic nitrogens is 3. The summed E-state index contributed by atoms with van der Waals surface area (Å²) < 4.78 is 8.44. The molecule has 4 heterocycles. The number of rotatable bonds is 3. The molecule has 0 radical (unpaired) electrons. The van der Waals surface area contributed by atoms with Crippen molar-refractivity contribution in [3.63, 3.8) is 0 Å². The molecule has 3 aromatic heterocycles. The van der Waals surface area contributed by atoms with E-state index in [1.807, 2.05) is 30.5 Å². The minimum absolute atomic E-state index is 0.544. The molecule has 0 N–H and O–H groups in total. The van der Waals surface area contributed by atoms with Gasteiger partial charge in [0.2, 0.25) is 5.71 Å². The van der Waals surface area contributed by atoms with E-state index < -0.39 is 0 Å². The quantitative estimate of drug-likeness (QED) is 0.191. The molecule has 1 aliphatic rings. The summed E-state index contributed by atoms with van der Waals surface area (Å²) in [7, 11) is 0. The van der Waals surface area contributed by atoms with E-state index >= 15 is 0 Å². The second-order valence-corrected chi connectivity index (χ2v) is 13.0. The standard InChI is InChI=1S/C46H28N4O/c1-2-15-31(16-3-1)50-40-26-25-29-13-4-5-18-33(29)42(40)43-34-19-6-9-22-38(34)49(39-23-10-7-20-35(39)45(43)50)32-17-12-14-30(27-32)37-28-47-46-44(48-37)36-21-8-11-24-41(36)51-46/h1-28H. The van der Waals surface area contributed by atoms with Crippen molar-refractivity contribution in [3.8, 4) is 39.3 Å². The Balaban J connectivity index is 1.20. The molecule has 0 fully saturated rings. The van der Waals surface area contributed by atoms with Crippen LogP contribution in [0.25, 0.3) is 83.2 Å². The largest absolute Gasteiger partial charge is 0.436 e. The van der Waals surface area contributed by atoms with Crippen LogP contribution in [-0.4, -0.2) is 14.5 Å². The van der Waals surface area contributed by atoms with Gasteiger partial charge in [0, 0.05) is 44.4 Å². The van der Waals surface area contributed by atoms with Gasteiger partial charge in [-0.2, -0.15) is 0 Å². The second kappa shape index (κ2) is 10.8. The number of hydrogen-bond acceptors (Lipinski definition) is 4. The maximum atomic E-state index is 5.99. The average Bonchev–Trinajstić information content (AvgIpc) is 3.71. The third-order valence-electron chi connectivity index (χ3n) is 10.2. The molecule has 0 bridgehead atoms. The Morgan fingerprint density at radius 3 is 2.14 bits per heavy atom. The molecule has 5 heteroatoms. The van der Waals surface area contributed by atoms with Crippen LogP contribution in [0.2, 0.25) is 0 Å². The Hall–Kier alpha value is -6.98. The van der Waals surface area contributed by atoms with Crippen LogP contribution >= 0.6 is 0 Å². The highest BCUT2D eigenvalue weighted by molar-refractivity contribution is 6.21. The van der Waals surface area contributed by atoms with Crippen LogP contribution < -0.4 is 4.90 Å². The van der Waals surface area contributed by atoms with Crippen molar-refractivity contribution in [3.05, 3.63) is 170 Å². The first-order chi connectivity index (χ1) is 25.3. The van der Waals surface area contributed by atoms with E-state index in [4.69, 9.17) is 14.4 Å². The van der Waals surface area contributed by atoms with Crippen molar-refractivity contribution < 1.29 is 4.42 Å². The third kappa shape index (κ3) is 4.09. The fraction of sp³-hybridized carbons (Fsp3) is 0. The number of anilines is 3. The van der Waals surface area contributed by atoms with Crippen LogP contribution in [-0.2, 0) is 0 Å². The van der Waals surface area contributed by atoms with Gasteiger partial charge in [0.05, 0.1) is 34.5 Å². The molecule has 0 amide bonds. The lowest BCUT2D eigenvalue weighted by atomic mass is 9.95. The molecule has 7 aromatic carbocycles. The molecule has 11 rings (SSSR count). The van der Waals surface area contributed by atoms with Crippen LogP contribution in [0.15, 0.2) is 174 Å². The molecule has 51 heavy (non-hydrogen) atoms. The van der Waals surface area contributed by atoms with E-state index in [0.29, 0.717) is 5.71 Å². The van der Waals surface area contributed by atoms with Crippen molar-refractivity contribution in [1.29, 1.82) is 0 Å². The molecule has 0 atom stereocenters. The SMILES string of the molecule is c1ccc(-n2c3c(c4c5ccccc5ccc42)-c2ccccc2N(c2cccc(-c4cnc5oc6ccccc6c5n4)c2)c2ccccc2-3)cc1. The zero-order valence-corrected chi connectivity index (χ0v) is 27.4. The molecular weight excluding hydrogens is 625 g/mol. The molecule has 5 nitrogen and oxygen atoms in total. The van der Waals surface area contributed by atoms with E-state index in [2.05, 4.69) is 149 Å². The normalized spacial score (nSPS) is 12.3. The first-order valence-corrected chi connectivity index (χ1v) is 17.2. The van der Waals surface area contributed by atoms with Gasteiger partial charge in [0.15, 0.2) is 0 Å². The first kappa shape index (κ1) is 27.9. The molecule has 0 spiro atoms. The summed E-state index contributed by atoms with van der Waals surface area (Å²) >= 11 is 0. The monoisotopic (exact) mass is 652 g/mol. The zero-order chi connectivity index (χ0) is 33.5. The van der Waals surface area contributed by atoms with E-state index in [0.717, 1.165) is 56.1 Å². The second-order valence-electron chi connectivity index (χ2n) is 13.0. The first-order valence-electron chi connectivity index (χ1n) is 17.2. The lowest BCUT2D eigenvalue weighted by Crippen LogP contribution is -2.11. The molecule has 0 aliphatic carbocycles. The van der Waals surface area contributed by atoms with Crippen molar-refractivity contribution in [1.82, 2.24) is 14.5 Å². The van der Waals surface area contributed by atoms with Crippen LogP contribution in [0, 0.1) is 0 Å². The summed E-state index contributed by atoms with van der Waals surface area (Å²) in [5, 5.41) is 4.68. The Morgan fingerprint density at radius 1 is 0.549 bits per heavy atom. The average molecular weight is 653 g/mol. The van der Waals surface area contributed by atoms with Gasteiger partial charge in [-0.15, -0.1) is 0 Å². The Morgan fingerprint density at radius 2 is 1.25 bits per heavy atom. The smallest absolute Gasteiger partial charge is 0.246 e. The van der Waals surface area contributed by atoms with Crippen molar-refractivity contribution in [2.75, 3.05) is 4.90 Å². The summed E-state index contributed by atoms with van der Waals surface area (Å²) in [6.07, 6.45) is 1.81. The highest BCUT2D eigenvalue weighted by atomic mass is 16.3. The molecular formula is C46H28N4O. The van der Waals surface area contributed by atoms with Gasteiger partial charge in [0.25, 0.3) is 0 Å². The predicted molar refractivity (Wildman–Crippen MR) is 208 cm³/mol. The predicted octanol–water partition coefficient (Wildman–Crippen LogP) is 12.3. The topological polar surface area (TPSA) is 47.1 Å². The Bertz CT molecular complexity index is 2990. The highest BCUT2D eigenvalue weighted by Gasteiger charge is 2.32. The van der Waals surface area contributed by atoms with E-state index in [-0.39, 0.29) is 0 Å². The van der Waals surface area contributed by atoms with E-state index in [1.54, 1.807) is 0 Å². The van der Waals surface area contributed by atoms with E-state index in [1.165, 1.54) is 38.5 Å². The van der Waals surface area contributed by atoms with Gasteiger partial charge in [-0.3, -0.25) is 0 Å². The zero-order valence-electron chi connectivity index (χ0n) is 27.4. The van der Waals surface area contributed by atoms with E-state index in [9.17, 15) is 0 Å². The van der Waals surface area contributed by atoms with Crippen LogP contribution in [0.1, 0.15) is 0 Å². The summed E-state index contributed by atoms with van der Waals surface area (Å²) in [6.45, 7) is 0. The number of benzene rings is 7. The Labute approximate surface area is 293 Å². The van der Waals surface area contributed by atoms with Crippen LogP contribution in [0.5, 0.6) is 0 Å². The summed E-state index contributed by atoms with van der Waals surface area (Å²) in [5.41, 5.74) is 14.2. The lowest BCUT2D eigenvalue weighted by molar-refractivity contribution is 0.653. The molecule has 0 unspecified atom stereocenters.